The van der Waals surface area contributed by atoms with Gasteiger partial charge in [0.05, 0.1) is 24.1 Å². The second-order valence-electron chi connectivity index (χ2n) is 6.94. The zero-order chi connectivity index (χ0) is 20.8. The smallest absolute Gasteiger partial charge is 0.270 e. The molecule has 0 bridgehead atoms. The summed E-state index contributed by atoms with van der Waals surface area (Å²) in [6.07, 6.45) is 6.95. The zero-order valence-electron chi connectivity index (χ0n) is 16.5. The summed E-state index contributed by atoms with van der Waals surface area (Å²) in [6, 6.07) is 7.31. The molecule has 0 fully saturated rings. The van der Waals surface area contributed by atoms with Gasteiger partial charge in [0.15, 0.2) is 0 Å². The topological polar surface area (TPSA) is 95.5 Å². The van der Waals surface area contributed by atoms with Crippen LogP contribution >= 0.6 is 0 Å². The van der Waals surface area contributed by atoms with Crippen molar-refractivity contribution in [3.05, 3.63) is 54.1 Å². The van der Waals surface area contributed by atoms with E-state index < -0.39 is 0 Å². The van der Waals surface area contributed by atoms with Gasteiger partial charge in [-0.15, -0.1) is 0 Å². The lowest BCUT2D eigenvalue weighted by Crippen LogP contribution is -2.42. The highest BCUT2D eigenvalue weighted by Crippen LogP contribution is 2.23. The van der Waals surface area contributed by atoms with E-state index >= 15 is 0 Å². The van der Waals surface area contributed by atoms with Crippen LogP contribution in [-0.4, -0.2) is 65.1 Å². The first kappa shape index (κ1) is 20.2. The molecule has 3 heterocycles. The second-order valence-corrected chi connectivity index (χ2v) is 6.94. The number of likely N-dealkylation sites (N-methyl/N-ethyl adjacent to an activating group) is 1. The summed E-state index contributed by atoms with van der Waals surface area (Å²) in [5.74, 6) is -0.556. The van der Waals surface area contributed by atoms with Gasteiger partial charge in [0.25, 0.3) is 5.91 Å². The summed E-state index contributed by atoms with van der Waals surface area (Å²) >= 11 is 0. The van der Waals surface area contributed by atoms with Crippen LogP contribution in [0.5, 0.6) is 0 Å². The Bertz CT molecular complexity index is 923. The van der Waals surface area contributed by atoms with Gasteiger partial charge in [-0.2, -0.15) is 0 Å². The van der Waals surface area contributed by atoms with Crippen LogP contribution in [0.25, 0.3) is 11.3 Å². The number of pyridine rings is 2. The summed E-state index contributed by atoms with van der Waals surface area (Å²) in [5.41, 5.74) is 2.93. The van der Waals surface area contributed by atoms with Crippen molar-refractivity contribution < 1.29 is 14.4 Å². The van der Waals surface area contributed by atoms with Crippen LogP contribution in [0.1, 0.15) is 12.8 Å². The molecule has 0 saturated carbocycles. The Labute approximate surface area is 169 Å². The van der Waals surface area contributed by atoms with Gasteiger partial charge >= 0.3 is 0 Å². The number of rotatable bonds is 6. The Kier molecular flexibility index (Phi) is 6.33. The van der Waals surface area contributed by atoms with Crippen LogP contribution in [0.3, 0.4) is 0 Å². The molecule has 2 aromatic rings. The van der Waals surface area contributed by atoms with Gasteiger partial charge in [-0.1, -0.05) is 0 Å². The largest absolute Gasteiger partial charge is 0.357 e. The van der Waals surface area contributed by atoms with Crippen LogP contribution in [0.4, 0.5) is 5.69 Å². The third-order valence-electron chi connectivity index (χ3n) is 4.58. The van der Waals surface area contributed by atoms with E-state index in [9.17, 15) is 14.4 Å². The number of nitrogens with one attached hydrogen (secondary N) is 1. The van der Waals surface area contributed by atoms with Crippen LogP contribution in [0.15, 0.2) is 54.1 Å². The Morgan fingerprint density at radius 1 is 1.24 bits per heavy atom. The molecule has 0 aliphatic carbocycles. The summed E-state index contributed by atoms with van der Waals surface area (Å²) in [5, 5.41) is 2.79. The number of amides is 2. The summed E-state index contributed by atoms with van der Waals surface area (Å²) in [7, 11) is 3.25. The normalized spacial score (nSPS) is 13.8. The molecule has 0 aromatic carbocycles. The van der Waals surface area contributed by atoms with E-state index in [1.165, 1.54) is 4.90 Å². The van der Waals surface area contributed by atoms with Crippen molar-refractivity contribution in [3.63, 3.8) is 0 Å². The molecule has 0 radical (unpaired) electrons. The predicted molar refractivity (Wildman–Crippen MR) is 109 cm³/mol. The van der Waals surface area contributed by atoms with Crippen molar-refractivity contribution >= 4 is 23.8 Å². The third kappa shape index (κ3) is 4.84. The average molecular weight is 393 g/mol. The number of hydrogen-bond donors (Lipinski definition) is 1. The molecular formula is C21H23N5O3. The predicted octanol–water partition coefficient (Wildman–Crippen LogP) is 1.72. The molecule has 29 heavy (non-hydrogen) atoms. The highest BCUT2D eigenvalue weighted by atomic mass is 16.2. The van der Waals surface area contributed by atoms with Crippen molar-refractivity contribution in [2.45, 2.75) is 12.8 Å². The Hall–Kier alpha value is -3.55. The van der Waals surface area contributed by atoms with Gasteiger partial charge in [0, 0.05) is 44.2 Å². The lowest BCUT2D eigenvalue weighted by molar-refractivity contribution is -0.127. The number of carbonyl (C=O) groups excluding carboxylic acids is 3. The molecule has 1 N–H and O–H groups in total. The van der Waals surface area contributed by atoms with Crippen LogP contribution < -0.4 is 5.32 Å². The zero-order valence-corrected chi connectivity index (χ0v) is 16.5. The van der Waals surface area contributed by atoms with Gasteiger partial charge in [0.1, 0.15) is 12.0 Å². The highest BCUT2D eigenvalue weighted by Gasteiger charge is 2.28. The van der Waals surface area contributed by atoms with E-state index in [0.717, 1.165) is 11.3 Å². The number of anilines is 1. The Balaban J connectivity index is 1.69. The van der Waals surface area contributed by atoms with Crippen LogP contribution in [-0.2, 0) is 14.4 Å². The number of allylic oxidation sites excluding steroid dienone is 1. The van der Waals surface area contributed by atoms with E-state index in [0.29, 0.717) is 42.6 Å². The van der Waals surface area contributed by atoms with Gasteiger partial charge in [-0.25, -0.2) is 0 Å². The summed E-state index contributed by atoms with van der Waals surface area (Å²) < 4.78 is 0. The maximum Gasteiger partial charge on any atom is 0.270 e. The minimum Gasteiger partial charge on any atom is -0.357 e. The fourth-order valence-corrected chi connectivity index (χ4v) is 3.18. The van der Waals surface area contributed by atoms with Crippen molar-refractivity contribution in [3.8, 4) is 11.3 Å². The number of hydrogen-bond acceptors (Lipinski definition) is 6. The van der Waals surface area contributed by atoms with Crippen LogP contribution in [0, 0.1) is 0 Å². The first-order valence-electron chi connectivity index (χ1n) is 9.31. The van der Waals surface area contributed by atoms with E-state index in [1.54, 1.807) is 49.7 Å². The van der Waals surface area contributed by atoms with Gasteiger partial charge in [-0.3, -0.25) is 24.4 Å². The lowest BCUT2D eigenvalue weighted by atomic mass is 10.0. The number of nitrogens with zero attached hydrogens (tertiary/aromatic N) is 4. The highest BCUT2D eigenvalue weighted by molar-refractivity contribution is 6.00. The van der Waals surface area contributed by atoms with E-state index in [-0.39, 0.29) is 18.4 Å². The van der Waals surface area contributed by atoms with Crippen molar-refractivity contribution in [1.29, 1.82) is 0 Å². The molecule has 0 unspecified atom stereocenters. The molecule has 3 rings (SSSR count). The van der Waals surface area contributed by atoms with Gasteiger partial charge < -0.3 is 15.1 Å². The fourth-order valence-electron chi connectivity index (χ4n) is 3.18. The second kappa shape index (κ2) is 9.09. The quantitative estimate of drug-likeness (QED) is 0.751. The van der Waals surface area contributed by atoms with Crippen molar-refractivity contribution in [1.82, 2.24) is 19.8 Å². The maximum atomic E-state index is 12.5. The monoisotopic (exact) mass is 393 g/mol. The maximum absolute atomic E-state index is 12.5. The number of aromatic nitrogens is 2. The average Bonchev–Trinajstić information content (AvgIpc) is 2.74. The SMILES string of the molecule is CN(C)C(=O)C1=C(C=O)CCCN1CC(=O)Nc1ccc(-c2cccnc2)nc1. The number of carbonyl (C=O) groups is 3. The van der Waals surface area contributed by atoms with Crippen molar-refractivity contribution in [2.24, 2.45) is 0 Å². The molecule has 2 aromatic heterocycles. The van der Waals surface area contributed by atoms with E-state index in [4.69, 9.17) is 0 Å². The third-order valence-corrected chi connectivity index (χ3v) is 4.58. The van der Waals surface area contributed by atoms with Gasteiger partial charge in [0.2, 0.25) is 5.91 Å². The molecular weight excluding hydrogens is 370 g/mol. The van der Waals surface area contributed by atoms with E-state index in [2.05, 4.69) is 15.3 Å². The van der Waals surface area contributed by atoms with Crippen LogP contribution in [0.2, 0.25) is 0 Å². The molecule has 1 aliphatic heterocycles. The summed E-state index contributed by atoms with van der Waals surface area (Å²) in [6.45, 7) is 0.522. The lowest BCUT2D eigenvalue weighted by Gasteiger charge is -2.32. The first-order valence-corrected chi connectivity index (χ1v) is 9.31. The molecule has 0 atom stereocenters. The molecule has 2 amide bonds. The summed E-state index contributed by atoms with van der Waals surface area (Å²) in [4.78, 5) is 48.0. The molecule has 0 spiro atoms. The van der Waals surface area contributed by atoms with E-state index in [1.807, 2.05) is 12.1 Å². The minimum absolute atomic E-state index is 0.0173. The molecule has 8 nitrogen and oxygen atoms in total. The molecule has 150 valence electrons. The minimum atomic E-state index is -0.280. The standard InChI is InChI=1S/C21H23N5O3/c1-25(2)21(29)20-16(14-27)6-4-10-26(20)13-19(28)24-17-7-8-18(23-12-17)15-5-3-9-22-11-15/h3,5,7-9,11-12,14H,4,6,10,13H2,1-2H3,(H,24,28). The first-order chi connectivity index (χ1) is 14.0. The molecule has 1 aliphatic rings. The Morgan fingerprint density at radius 2 is 2.07 bits per heavy atom. The van der Waals surface area contributed by atoms with Crippen molar-refractivity contribution in [2.75, 3.05) is 32.5 Å². The number of aldehydes is 1. The molecule has 8 heteroatoms. The Morgan fingerprint density at radius 3 is 2.69 bits per heavy atom. The fraction of sp³-hybridized carbons (Fsp3) is 0.286. The van der Waals surface area contributed by atoms with Gasteiger partial charge in [-0.05, 0) is 37.1 Å². The molecule has 0 saturated heterocycles.